The average molecular weight is 323 g/mol. The number of rotatable bonds is 5. The van der Waals surface area contributed by atoms with E-state index in [1.807, 2.05) is 0 Å². The molecule has 1 atom stereocenters. The number of nitrogens with one attached hydrogen (secondary N) is 1. The van der Waals surface area contributed by atoms with Crippen LogP contribution in [-0.4, -0.2) is 17.6 Å². The lowest BCUT2D eigenvalue weighted by Crippen LogP contribution is -2.39. The predicted molar refractivity (Wildman–Crippen MR) is 79.0 cm³/mol. The molecule has 2 N–H and O–H groups in total. The van der Waals surface area contributed by atoms with Crippen LogP contribution in [0.4, 0.5) is 13.2 Å². The number of carbonyl (C=O) groups is 1. The third-order valence-corrected chi connectivity index (χ3v) is 3.45. The highest BCUT2D eigenvalue weighted by Crippen LogP contribution is 2.23. The Labute approximate surface area is 131 Å². The molecule has 0 fully saturated rings. The molecule has 2 rings (SSSR count). The lowest BCUT2D eigenvalue weighted by atomic mass is 9.95. The van der Waals surface area contributed by atoms with E-state index in [1.54, 1.807) is 6.07 Å². The van der Waals surface area contributed by atoms with Crippen molar-refractivity contribution in [2.24, 2.45) is 0 Å². The van der Waals surface area contributed by atoms with Gasteiger partial charge in [-0.2, -0.15) is 0 Å². The summed E-state index contributed by atoms with van der Waals surface area (Å²) in [5.41, 5.74) is -1.63. The van der Waals surface area contributed by atoms with E-state index in [0.717, 1.165) is 12.1 Å². The van der Waals surface area contributed by atoms with E-state index in [2.05, 4.69) is 5.32 Å². The predicted octanol–water partition coefficient (Wildman–Crippen LogP) is 2.67. The summed E-state index contributed by atoms with van der Waals surface area (Å²) in [5.74, 6) is -2.68. The monoisotopic (exact) mass is 323 g/mol. The number of benzene rings is 2. The number of hydrogen-bond donors (Lipinski definition) is 2. The second-order valence-corrected chi connectivity index (χ2v) is 5.44. The van der Waals surface area contributed by atoms with Gasteiger partial charge in [0, 0.05) is 11.6 Å². The fourth-order valence-corrected chi connectivity index (χ4v) is 2.17. The van der Waals surface area contributed by atoms with Gasteiger partial charge in [-0.3, -0.25) is 4.79 Å². The van der Waals surface area contributed by atoms with Crippen LogP contribution in [0.2, 0.25) is 0 Å². The van der Waals surface area contributed by atoms with Gasteiger partial charge in [-0.15, -0.1) is 0 Å². The molecule has 0 aliphatic rings. The van der Waals surface area contributed by atoms with Gasteiger partial charge in [0.15, 0.2) is 0 Å². The summed E-state index contributed by atoms with van der Waals surface area (Å²) in [6.07, 6.45) is -0.200. The van der Waals surface area contributed by atoms with Crippen molar-refractivity contribution in [2.45, 2.75) is 18.9 Å². The summed E-state index contributed by atoms with van der Waals surface area (Å²) in [6, 6.07) is 8.64. The molecule has 3 nitrogen and oxygen atoms in total. The van der Waals surface area contributed by atoms with Gasteiger partial charge in [-0.1, -0.05) is 24.3 Å². The zero-order valence-electron chi connectivity index (χ0n) is 12.4. The van der Waals surface area contributed by atoms with Crippen LogP contribution in [0.15, 0.2) is 42.5 Å². The molecule has 0 saturated carbocycles. The van der Waals surface area contributed by atoms with Gasteiger partial charge < -0.3 is 10.4 Å². The Morgan fingerprint density at radius 1 is 1.13 bits per heavy atom. The van der Waals surface area contributed by atoms with Crippen LogP contribution in [0.1, 0.15) is 18.1 Å². The van der Waals surface area contributed by atoms with E-state index < -0.39 is 29.0 Å². The Morgan fingerprint density at radius 2 is 1.83 bits per heavy atom. The minimum atomic E-state index is -1.72. The highest BCUT2D eigenvalue weighted by molar-refractivity contribution is 5.78. The van der Waals surface area contributed by atoms with Gasteiger partial charge in [0.1, 0.15) is 23.1 Å². The van der Waals surface area contributed by atoms with Crippen molar-refractivity contribution < 1.29 is 23.1 Å². The van der Waals surface area contributed by atoms with Crippen LogP contribution in [0, 0.1) is 17.5 Å². The number of halogens is 3. The molecule has 0 bridgehead atoms. The van der Waals surface area contributed by atoms with Gasteiger partial charge in [0.25, 0.3) is 0 Å². The van der Waals surface area contributed by atoms with E-state index in [0.29, 0.717) is 6.07 Å². The second kappa shape index (κ2) is 6.83. The molecule has 2 aromatic rings. The Hall–Kier alpha value is -2.34. The third-order valence-electron chi connectivity index (χ3n) is 3.45. The molecule has 1 amide bonds. The zero-order chi connectivity index (χ0) is 17.0. The van der Waals surface area contributed by atoms with Gasteiger partial charge in [0.2, 0.25) is 5.91 Å². The minimum Gasteiger partial charge on any atom is -0.383 e. The van der Waals surface area contributed by atoms with Crippen molar-refractivity contribution in [3.05, 3.63) is 71.0 Å². The van der Waals surface area contributed by atoms with Gasteiger partial charge in [0.05, 0.1) is 13.0 Å². The smallest absolute Gasteiger partial charge is 0.224 e. The number of hydrogen-bond acceptors (Lipinski definition) is 2. The molecular formula is C17H16F3NO2. The Balaban J connectivity index is 2.01. The average Bonchev–Trinajstić information content (AvgIpc) is 2.47. The molecule has 0 spiro atoms. The summed E-state index contributed by atoms with van der Waals surface area (Å²) in [6.45, 7) is 1.01. The quantitative estimate of drug-likeness (QED) is 0.889. The van der Waals surface area contributed by atoms with Crippen molar-refractivity contribution in [3.8, 4) is 0 Å². The maximum atomic E-state index is 13.7. The van der Waals surface area contributed by atoms with Gasteiger partial charge >= 0.3 is 0 Å². The molecule has 0 aliphatic heterocycles. The maximum absolute atomic E-state index is 13.7. The lowest BCUT2D eigenvalue weighted by Gasteiger charge is -2.24. The van der Waals surface area contributed by atoms with E-state index in [-0.39, 0.29) is 24.1 Å². The Kier molecular flexibility index (Phi) is 5.05. The van der Waals surface area contributed by atoms with E-state index in [4.69, 9.17) is 0 Å². The summed E-state index contributed by atoms with van der Waals surface area (Å²) >= 11 is 0. The molecule has 2 aromatic carbocycles. The van der Waals surface area contributed by atoms with Crippen molar-refractivity contribution in [1.82, 2.24) is 5.32 Å². The number of amides is 1. The molecule has 122 valence electrons. The van der Waals surface area contributed by atoms with Crippen LogP contribution >= 0.6 is 0 Å². The first-order valence-electron chi connectivity index (χ1n) is 6.97. The van der Waals surface area contributed by atoms with Crippen molar-refractivity contribution in [1.29, 1.82) is 0 Å². The largest absolute Gasteiger partial charge is 0.383 e. The summed E-state index contributed by atoms with van der Waals surface area (Å²) in [4.78, 5) is 11.8. The van der Waals surface area contributed by atoms with Crippen LogP contribution in [-0.2, 0) is 16.8 Å². The third kappa shape index (κ3) is 4.32. The van der Waals surface area contributed by atoms with Crippen molar-refractivity contribution in [3.63, 3.8) is 0 Å². The van der Waals surface area contributed by atoms with E-state index in [9.17, 15) is 23.1 Å². The molecule has 0 aliphatic carbocycles. The molecule has 6 heteroatoms. The first kappa shape index (κ1) is 17.0. The summed E-state index contributed by atoms with van der Waals surface area (Å²) < 4.78 is 40.1. The first-order valence-corrected chi connectivity index (χ1v) is 6.97. The Morgan fingerprint density at radius 3 is 2.48 bits per heavy atom. The Bertz CT molecular complexity index is 717. The lowest BCUT2D eigenvalue weighted by molar-refractivity contribution is -0.121. The molecule has 0 radical (unpaired) electrons. The SMILES string of the molecule is CC(O)(CNC(=O)Cc1ccccc1F)c1ccc(F)cc1F. The molecule has 1 unspecified atom stereocenters. The van der Waals surface area contributed by atoms with Gasteiger partial charge in [-0.05, 0) is 24.6 Å². The fourth-order valence-electron chi connectivity index (χ4n) is 2.17. The standard InChI is InChI=1S/C17H16F3NO2/c1-17(23,13-7-6-12(18)9-15(13)20)10-21-16(22)8-11-4-2-3-5-14(11)19/h2-7,9,23H,8,10H2,1H3,(H,21,22). The highest BCUT2D eigenvalue weighted by atomic mass is 19.1. The van der Waals surface area contributed by atoms with E-state index in [1.165, 1.54) is 25.1 Å². The van der Waals surface area contributed by atoms with Crippen LogP contribution < -0.4 is 5.32 Å². The minimum absolute atomic E-state index is 0.134. The molecular weight excluding hydrogens is 307 g/mol. The molecule has 0 heterocycles. The van der Waals surface area contributed by atoms with Crippen molar-refractivity contribution in [2.75, 3.05) is 6.54 Å². The normalized spacial score (nSPS) is 13.4. The number of aliphatic hydroxyl groups is 1. The van der Waals surface area contributed by atoms with Gasteiger partial charge in [-0.25, -0.2) is 13.2 Å². The fraction of sp³-hybridized carbons (Fsp3) is 0.235. The highest BCUT2D eigenvalue weighted by Gasteiger charge is 2.27. The molecule has 23 heavy (non-hydrogen) atoms. The zero-order valence-corrected chi connectivity index (χ0v) is 12.4. The maximum Gasteiger partial charge on any atom is 0.224 e. The van der Waals surface area contributed by atoms with E-state index >= 15 is 0 Å². The van der Waals surface area contributed by atoms with Crippen LogP contribution in [0.3, 0.4) is 0 Å². The topological polar surface area (TPSA) is 49.3 Å². The molecule has 0 saturated heterocycles. The first-order chi connectivity index (χ1) is 10.8. The summed E-state index contributed by atoms with van der Waals surface area (Å²) in [5, 5.41) is 12.7. The number of carbonyl (C=O) groups excluding carboxylic acids is 1. The summed E-state index contributed by atoms with van der Waals surface area (Å²) in [7, 11) is 0. The van der Waals surface area contributed by atoms with Crippen LogP contribution in [0.25, 0.3) is 0 Å². The second-order valence-electron chi connectivity index (χ2n) is 5.44. The van der Waals surface area contributed by atoms with Crippen LogP contribution in [0.5, 0.6) is 0 Å². The van der Waals surface area contributed by atoms with Crippen molar-refractivity contribution >= 4 is 5.91 Å². The molecule has 0 aromatic heterocycles.